The molecule has 1 fully saturated rings. The summed E-state index contributed by atoms with van der Waals surface area (Å²) in [6.45, 7) is 3.82. The average Bonchev–Trinajstić information content (AvgIpc) is 2.63. The number of halogens is 2. The summed E-state index contributed by atoms with van der Waals surface area (Å²) in [6.07, 6.45) is 3.15. The van der Waals surface area contributed by atoms with E-state index in [1.807, 2.05) is 4.90 Å². The molecule has 0 radical (unpaired) electrons. The third kappa shape index (κ3) is 5.03. The number of anilines is 1. The quantitative estimate of drug-likeness (QED) is 0.802. The van der Waals surface area contributed by atoms with E-state index in [2.05, 4.69) is 14.9 Å². The monoisotopic (exact) mass is 346 g/mol. The largest absolute Gasteiger partial charge is 0.338 e. The fourth-order valence-corrected chi connectivity index (χ4v) is 2.84. The maximum atomic E-state index is 12.9. The van der Waals surface area contributed by atoms with E-state index in [-0.39, 0.29) is 11.6 Å². The van der Waals surface area contributed by atoms with Crippen molar-refractivity contribution >= 4 is 11.7 Å². The van der Waals surface area contributed by atoms with Gasteiger partial charge in [-0.1, -0.05) is 12.1 Å². The molecule has 1 aromatic heterocycles. The minimum Gasteiger partial charge on any atom is -0.338 e. The summed E-state index contributed by atoms with van der Waals surface area (Å²) in [4.78, 5) is 24.3. The zero-order valence-corrected chi connectivity index (χ0v) is 13.9. The lowest BCUT2D eigenvalue weighted by molar-refractivity contribution is -0.118. The molecule has 0 amide bonds. The van der Waals surface area contributed by atoms with E-state index >= 15 is 0 Å². The number of rotatable bonds is 6. The topological polar surface area (TPSA) is 49.3 Å². The van der Waals surface area contributed by atoms with Gasteiger partial charge in [-0.15, -0.1) is 0 Å². The van der Waals surface area contributed by atoms with E-state index in [4.69, 9.17) is 0 Å². The number of aromatic nitrogens is 2. The standard InChI is InChI=1S/C18H20F2N4O/c19-15-3-1-14(2-4-15)11-17(25)5-6-23-7-9-24(10-8-23)18-21-12-16(20)13-22-18/h1-4,12-13H,5-11H2. The molecule has 2 heterocycles. The smallest absolute Gasteiger partial charge is 0.225 e. The number of Topliss-reactive ketones (excluding diaryl/α,β-unsaturated/α-hetero) is 1. The molecule has 0 unspecified atom stereocenters. The molecule has 0 N–H and O–H groups in total. The van der Waals surface area contributed by atoms with Crippen LogP contribution in [0.25, 0.3) is 0 Å². The van der Waals surface area contributed by atoms with Gasteiger partial charge in [-0.2, -0.15) is 0 Å². The average molecular weight is 346 g/mol. The summed E-state index contributed by atoms with van der Waals surface area (Å²) in [5, 5.41) is 0. The van der Waals surface area contributed by atoms with Crippen LogP contribution in [0.4, 0.5) is 14.7 Å². The van der Waals surface area contributed by atoms with E-state index in [1.54, 1.807) is 12.1 Å². The molecule has 0 spiro atoms. The molecule has 0 aliphatic carbocycles. The highest BCUT2D eigenvalue weighted by molar-refractivity contribution is 5.81. The lowest BCUT2D eigenvalue weighted by Gasteiger charge is -2.34. The molecular weight excluding hydrogens is 326 g/mol. The zero-order chi connectivity index (χ0) is 17.6. The molecule has 1 saturated heterocycles. The molecule has 0 bridgehead atoms. The SMILES string of the molecule is O=C(CCN1CCN(c2ncc(F)cn2)CC1)Cc1ccc(F)cc1. The van der Waals surface area contributed by atoms with Gasteiger partial charge in [-0.05, 0) is 17.7 Å². The van der Waals surface area contributed by atoms with E-state index in [9.17, 15) is 13.6 Å². The number of benzene rings is 1. The van der Waals surface area contributed by atoms with Crippen molar-refractivity contribution in [3.05, 3.63) is 53.9 Å². The molecule has 1 aromatic carbocycles. The Bertz CT molecular complexity index is 698. The highest BCUT2D eigenvalue weighted by Gasteiger charge is 2.19. The van der Waals surface area contributed by atoms with Gasteiger partial charge in [-0.3, -0.25) is 9.69 Å². The molecule has 0 atom stereocenters. The minimum absolute atomic E-state index is 0.149. The van der Waals surface area contributed by atoms with E-state index in [0.29, 0.717) is 25.3 Å². The highest BCUT2D eigenvalue weighted by Crippen LogP contribution is 2.11. The van der Waals surface area contributed by atoms with Crippen molar-refractivity contribution in [2.24, 2.45) is 0 Å². The predicted molar refractivity (Wildman–Crippen MR) is 90.4 cm³/mol. The van der Waals surface area contributed by atoms with Crippen LogP contribution in [-0.4, -0.2) is 53.4 Å². The fraction of sp³-hybridized carbons (Fsp3) is 0.389. The maximum Gasteiger partial charge on any atom is 0.225 e. The third-order valence-corrected chi connectivity index (χ3v) is 4.28. The first kappa shape index (κ1) is 17.4. The summed E-state index contributed by atoms with van der Waals surface area (Å²) < 4.78 is 25.7. The van der Waals surface area contributed by atoms with Crippen molar-refractivity contribution in [1.29, 1.82) is 0 Å². The number of carbonyl (C=O) groups excluding carboxylic acids is 1. The first-order chi connectivity index (χ1) is 12.1. The Morgan fingerprint density at radius 2 is 1.60 bits per heavy atom. The first-order valence-electron chi connectivity index (χ1n) is 8.31. The number of hydrogen-bond donors (Lipinski definition) is 0. The second-order valence-electron chi connectivity index (χ2n) is 6.12. The van der Waals surface area contributed by atoms with Gasteiger partial charge in [0, 0.05) is 45.6 Å². The van der Waals surface area contributed by atoms with E-state index in [1.165, 1.54) is 24.5 Å². The lowest BCUT2D eigenvalue weighted by atomic mass is 10.1. The van der Waals surface area contributed by atoms with Crippen LogP contribution >= 0.6 is 0 Å². The van der Waals surface area contributed by atoms with Crippen molar-refractivity contribution in [2.75, 3.05) is 37.6 Å². The highest BCUT2D eigenvalue weighted by atomic mass is 19.1. The van der Waals surface area contributed by atoms with E-state index < -0.39 is 5.82 Å². The number of piperazine rings is 1. The van der Waals surface area contributed by atoms with Crippen LogP contribution in [0.1, 0.15) is 12.0 Å². The van der Waals surface area contributed by atoms with Gasteiger partial charge in [0.1, 0.15) is 11.6 Å². The molecule has 1 aliphatic heterocycles. The van der Waals surface area contributed by atoms with Crippen molar-refractivity contribution in [1.82, 2.24) is 14.9 Å². The molecule has 0 saturated carbocycles. The van der Waals surface area contributed by atoms with Crippen LogP contribution in [-0.2, 0) is 11.2 Å². The van der Waals surface area contributed by atoms with Crippen LogP contribution in [0, 0.1) is 11.6 Å². The number of nitrogens with zero attached hydrogens (tertiary/aromatic N) is 4. The van der Waals surface area contributed by atoms with Gasteiger partial charge in [0.05, 0.1) is 12.4 Å². The zero-order valence-electron chi connectivity index (χ0n) is 13.9. The Labute approximate surface area is 145 Å². The van der Waals surface area contributed by atoms with Crippen molar-refractivity contribution in [3.63, 3.8) is 0 Å². The van der Waals surface area contributed by atoms with Gasteiger partial charge in [0.25, 0.3) is 0 Å². The van der Waals surface area contributed by atoms with Crippen LogP contribution in [0.15, 0.2) is 36.7 Å². The van der Waals surface area contributed by atoms with E-state index in [0.717, 1.165) is 31.7 Å². The van der Waals surface area contributed by atoms with Gasteiger partial charge in [-0.25, -0.2) is 18.7 Å². The van der Waals surface area contributed by atoms with Crippen LogP contribution < -0.4 is 4.90 Å². The van der Waals surface area contributed by atoms with Crippen molar-refractivity contribution < 1.29 is 13.6 Å². The lowest BCUT2D eigenvalue weighted by Crippen LogP contribution is -2.47. The Hall–Kier alpha value is -2.41. The molecule has 25 heavy (non-hydrogen) atoms. The summed E-state index contributed by atoms with van der Waals surface area (Å²) in [5.74, 6) is -0.0504. The van der Waals surface area contributed by atoms with Crippen LogP contribution in [0.5, 0.6) is 0 Å². The molecule has 132 valence electrons. The third-order valence-electron chi connectivity index (χ3n) is 4.28. The molecule has 3 rings (SSSR count). The number of ketones is 1. The normalized spacial score (nSPS) is 15.4. The van der Waals surface area contributed by atoms with Crippen LogP contribution in [0.2, 0.25) is 0 Å². The maximum absolute atomic E-state index is 12.9. The van der Waals surface area contributed by atoms with Crippen molar-refractivity contribution in [3.8, 4) is 0 Å². The van der Waals surface area contributed by atoms with Gasteiger partial charge in [0.15, 0.2) is 5.82 Å². The summed E-state index contributed by atoms with van der Waals surface area (Å²) in [5.41, 5.74) is 0.838. The Balaban J connectivity index is 1.40. The van der Waals surface area contributed by atoms with Crippen LogP contribution in [0.3, 0.4) is 0 Å². The van der Waals surface area contributed by atoms with Gasteiger partial charge >= 0.3 is 0 Å². The first-order valence-corrected chi connectivity index (χ1v) is 8.31. The fourth-order valence-electron chi connectivity index (χ4n) is 2.84. The minimum atomic E-state index is -0.443. The molecule has 2 aromatic rings. The summed E-state index contributed by atoms with van der Waals surface area (Å²) >= 11 is 0. The second-order valence-corrected chi connectivity index (χ2v) is 6.12. The number of hydrogen-bond acceptors (Lipinski definition) is 5. The Morgan fingerprint density at radius 1 is 0.960 bits per heavy atom. The number of carbonyl (C=O) groups is 1. The second kappa shape index (κ2) is 8.11. The Kier molecular flexibility index (Phi) is 5.65. The molecule has 7 heteroatoms. The Morgan fingerprint density at radius 3 is 2.24 bits per heavy atom. The molecule has 1 aliphatic rings. The molecular formula is C18H20F2N4O. The van der Waals surface area contributed by atoms with Gasteiger partial charge < -0.3 is 4.90 Å². The van der Waals surface area contributed by atoms with Gasteiger partial charge in [0.2, 0.25) is 5.95 Å². The summed E-state index contributed by atoms with van der Waals surface area (Å²) in [7, 11) is 0. The molecule has 5 nitrogen and oxygen atoms in total. The predicted octanol–water partition coefficient (Wildman–Crippen LogP) is 2.08. The van der Waals surface area contributed by atoms with Crippen molar-refractivity contribution in [2.45, 2.75) is 12.8 Å². The summed E-state index contributed by atoms with van der Waals surface area (Å²) in [6, 6.07) is 6.04.